The summed E-state index contributed by atoms with van der Waals surface area (Å²) in [5, 5.41) is 4.26. The molecule has 0 atom stereocenters. The molecular formula is C33H35F3N2O6. The van der Waals surface area contributed by atoms with Crippen LogP contribution in [0.15, 0.2) is 96.5 Å². The van der Waals surface area contributed by atoms with Crippen molar-refractivity contribution in [2.45, 2.75) is 39.2 Å². The molecule has 0 fully saturated rings. The lowest BCUT2D eigenvalue weighted by Gasteiger charge is -2.15. The van der Waals surface area contributed by atoms with Crippen LogP contribution in [-0.2, 0) is 43.3 Å². The zero-order chi connectivity index (χ0) is 32.0. The fourth-order valence-corrected chi connectivity index (χ4v) is 3.92. The zero-order valence-electron chi connectivity index (χ0n) is 24.8. The molecule has 11 heteroatoms. The predicted octanol–water partition coefficient (Wildman–Crippen LogP) is 7.20. The number of carbonyl (C=O) groups excluding carboxylic acids is 1. The number of rotatable bonds is 16. The molecule has 0 saturated carbocycles. The quantitative estimate of drug-likeness (QED) is 0.0457. The lowest BCUT2D eigenvalue weighted by atomic mass is 10.0. The molecule has 1 N–H and O–H groups in total. The average Bonchev–Trinajstić information content (AvgIpc) is 3.02. The van der Waals surface area contributed by atoms with Crippen molar-refractivity contribution < 1.29 is 41.9 Å². The van der Waals surface area contributed by atoms with Crippen LogP contribution in [0.25, 0.3) is 5.57 Å². The van der Waals surface area contributed by atoms with E-state index in [0.717, 1.165) is 25.0 Å². The first-order valence-corrected chi connectivity index (χ1v) is 13.7. The zero-order valence-corrected chi connectivity index (χ0v) is 24.8. The third kappa shape index (κ3) is 9.91. The molecule has 0 aliphatic carbocycles. The summed E-state index contributed by atoms with van der Waals surface area (Å²) in [6, 6.07) is 18.9. The fourth-order valence-electron chi connectivity index (χ4n) is 3.92. The van der Waals surface area contributed by atoms with Gasteiger partial charge >= 0.3 is 12.1 Å². The molecule has 0 heterocycles. The number of halogens is 3. The van der Waals surface area contributed by atoms with Gasteiger partial charge in [0.1, 0.15) is 36.9 Å². The molecule has 0 amide bonds. The Bertz CT molecular complexity index is 1450. The van der Waals surface area contributed by atoms with E-state index < -0.39 is 17.7 Å². The first-order chi connectivity index (χ1) is 21.2. The number of hydroxylamine groups is 1. The maximum Gasteiger partial charge on any atom is 0.416 e. The number of benzene rings is 3. The molecule has 8 nitrogen and oxygen atoms in total. The summed E-state index contributed by atoms with van der Waals surface area (Å²) < 4.78 is 54.7. The minimum atomic E-state index is -4.43. The van der Waals surface area contributed by atoms with E-state index in [2.05, 4.69) is 17.2 Å². The molecule has 0 aliphatic rings. The number of nitrogens with zero attached hydrogens (tertiary/aromatic N) is 1. The number of alkyl halides is 3. The molecule has 0 saturated heterocycles. The monoisotopic (exact) mass is 612 g/mol. The van der Waals surface area contributed by atoms with Crippen molar-refractivity contribution in [2.24, 2.45) is 5.16 Å². The molecule has 3 aromatic carbocycles. The summed E-state index contributed by atoms with van der Waals surface area (Å²) in [5.41, 5.74) is 5.25. The molecular weight excluding hydrogens is 577 g/mol. The van der Waals surface area contributed by atoms with Gasteiger partial charge in [0.25, 0.3) is 0 Å². The number of unbranched alkanes of at least 4 members (excludes halogenated alkanes) is 1. The molecule has 0 spiro atoms. The SMILES string of the molecule is C=C(NOCc1ccccc1C(=COC)C(=O)OC)C(=NOCCCC)c1ccc(OCc2cccc(C(F)(F)F)c2)cc1. The summed E-state index contributed by atoms with van der Waals surface area (Å²) in [6.07, 6.45) is -1.38. The molecule has 0 bridgehead atoms. The van der Waals surface area contributed by atoms with Crippen LogP contribution in [-0.4, -0.2) is 32.5 Å². The minimum absolute atomic E-state index is 0.0365. The van der Waals surface area contributed by atoms with Gasteiger partial charge in [-0.1, -0.05) is 61.5 Å². The number of carbonyl (C=O) groups is 1. The summed E-state index contributed by atoms with van der Waals surface area (Å²) >= 11 is 0. The van der Waals surface area contributed by atoms with Crippen LogP contribution in [0.4, 0.5) is 13.2 Å². The predicted molar refractivity (Wildman–Crippen MR) is 160 cm³/mol. The van der Waals surface area contributed by atoms with Gasteiger partial charge < -0.3 is 19.0 Å². The van der Waals surface area contributed by atoms with Gasteiger partial charge in [0, 0.05) is 5.56 Å². The summed E-state index contributed by atoms with van der Waals surface area (Å²) in [5.74, 6) is -0.105. The van der Waals surface area contributed by atoms with Crippen molar-refractivity contribution in [3.63, 3.8) is 0 Å². The van der Waals surface area contributed by atoms with Crippen molar-refractivity contribution in [1.29, 1.82) is 0 Å². The molecule has 0 radical (unpaired) electrons. The first kappa shape index (κ1) is 33.7. The van der Waals surface area contributed by atoms with Crippen molar-refractivity contribution in [3.8, 4) is 5.75 Å². The Kier molecular flexibility index (Phi) is 12.8. The number of esters is 1. The van der Waals surface area contributed by atoms with Gasteiger partial charge in [-0.05, 0) is 59.5 Å². The van der Waals surface area contributed by atoms with E-state index in [0.29, 0.717) is 46.0 Å². The van der Waals surface area contributed by atoms with Crippen molar-refractivity contribution in [3.05, 3.63) is 119 Å². The highest BCUT2D eigenvalue weighted by Gasteiger charge is 2.30. The summed E-state index contributed by atoms with van der Waals surface area (Å²) in [7, 11) is 2.72. The topological polar surface area (TPSA) is 87.6 Å². The second-order valence-electron chi connectivity index (χ2n) is 9.42. The Morgan fingerprint density at radius 1 is 1.00 bits per heavy atom. The van der Waals surface area contributed by atoms with Crippen molar-refractivity contribution >= 4 is 17.3 Å². The highest BCUT2D eigenvalue weighted by molar-refractivity contribution is 6.16. The number of allylic oxidation sites excluding steroid dienone is 1. The fraction of sp³-hybridized carbons (Fsp3) is 0.273. The van der Waals surface area contributed by atoms with Gasteiger partial charge in [0.2, 0.25) is 0 Å². The lowest BCUT2D eigenvalue weighted by molar-refractivity contribution is -0.137. The highest BCUT2D eigenvalue weighted by atomic mass is 19.4. The van der Waals surface area contributed by atoms with Gasteiger partial charge in [-0.25, -0.2) is 4.79 Å². The number of nitrogens with one attached hydrogen (secondary N) is 1. The summed E-state index contributed by atoms with van der Waals surface area (Å²) in [6.45, 7) is 6.50. The standard InChI is InChI=1S/C33H35F3N2O6/c1-5-6-18-43-38-31(23(2)37-44-21-26-11-7-8-13-29(26)30(22-40-3)32(39)41-4)25-14-16-28(17-15-25)42-20-24-10-9-12-27(19-24)33(34,35)36/h7-17,19,22,37H,2,5-6,18,20-21H2,1,3-4H3. The van der Waals surface area contributed by atoms with Crippen LogP contribution in [0.3, 0.4) is 0 Å². The van der Waals surface area contributed by atoms with Gasteiger partial charge in [0.05, 0.1) is 31.7 Å². The largest absolute Gasteiger partial charge is 0.503 e. The van der Waals surface area contributed by atoms with Crippen LogP contribution in [0.1, 0.15) is 47.6 Å². The van der Waals surface area contributed by atoms with E-state index in [4.69, 9.17) is 23.9 Å². The number of oxime groups is 1. The number of hydrogen-bond acceptors (Lipinski definition) is 8. The van der Waals surface area contributed by atoms with Crippen LogP contribution in [0.2, 0.25) is 0 Å². The van der Waals surface area contributed by atoms with Crippen LogP contribution in [0, 0.1) is 0 Å². The molecule has 3 aromatic rings. The normalized spacial score (nSPS) is 12.0. The maximum atomic E-state index is 13.0. The third-order valence-corrected chi connectivity index (χ3v) is 6.19. The van der Waals surface area contributed by atoms with Gasteiger partial charge in [-0.15, -0.1) is 0 Å². The van der Waals surface area contributed by atoms with Crippen LogP contribution < -0.4 is 10.2 Å². The molecule has 0 unspecified atom stereocenters. The van der Waals surface area contributed by atoms with Crippen LogP contribution in [0.5, 0.6) is 5.75 Å². The lowest BCUT2D eigenvalue weighted by Crippen LogP contribution is -2.21. The van der Waals surface area contributed by atoms with Gasteiger partial charge in [-0.2, -0.15) is 13.2 Å². The Balaban J connectivity index is 1.70. The smallest absolute Gasteiger partial charge is 0.416 e. The molecule has 234 valence electrons. The molecule has 44 heavy (non-hydrogen) atoms. The first-order valence-electron chi connectivity index (χ1n) is 13.7. The van der Waals surface area contributed by atoms with Gasteiger partial charge in [0.15, 0.2) is 0 Å². The highest BCUT2D eigenvalue weighted by Crippen LogP contribution is 2.30. The third-order valence-electron chi connectivity index (χ3n) is 6.19. The number of ether oxygens (including phenoxy) is 3. The van der Waals surface area contributed by atoms with Crippen LogP contribution >= 0.6 is 0 Å². The maximum absolute atomic E-state index is 13.0. The number of methoxy groups -OCH3 is 2. The van der Waals surface area contributed by atoms with E-state index in [-0.39, 0.29) is 18.8 Å². The number of hydrogen-bond donors (Lipinski definition) is 1. The Morgan fingerprint density at radius 3 is 2.43 bits per heavy atom. The molecule has 0 aromatic heterocycles. The van der Waals surface area contributed by atoms with E-state index in [1.165, 1.54) is 26.5 Å². The average molecular weight is 613 g/mol. The van der Waals surface area contributed by atoms with E-state index in [1.54, 1.807) is 48.5 Å². The molecule has 3 rings (SSSR count). The van der Waals surface area contributed by atoms with Crippen molar-refractivity contribution in [2.75, 3.05) is 20.8 Å². The Morgan fingerprint density at radius 2 is 1.75 bits per heavy atom. The molecule has 0 aliphatic heterocycles. The van der Waals surface area contributed by atoms with Crippen molar-refractivity contribution in [1.82, 2.24) is 5.48 Å². The Labute approximate surface area is 254 Å². The minimum Gasteiger partial charge on any atom is -0.503 e. The second kappa shape index (κ2) is 16.8. The van der Waals surface area contributed by atoms with E-state index in [9.17, 15) is 18.0 Å². The van der Waals surface area contributed by atoms with E-state index in [1.807, 2.05) is 13.0 Å². The summed E-state index contributed by atoms with van der Waals surface area (Å²) in [4.78, 5) is 23.5. The van der Waals surface area contributed by atoms with E-state index >= 15 is 0 Å². The Hall–Kier alpha value is -4.77. The van der Waals surface area contributed by atoms with Gasteiger partial charge in [-0.3, -0.25) is 10.3 Å². The second-order valence-corrected chi connectivity index (χ2v) is 9.42.